The van der Waals surface area contributed by atoms with Crippen molar-refractivity contribution in [2.75, 3.05) is 0 Å². The Balaban J connectivity index is 3.10. The summed E-state index contributed by atoms with van der Waals surface area (Å²) in [5, 5.41) is 0. The highest BCUT2D eigenvalue weighted by molar-refractivity contribution is 9.11. The van der Waals surface area contributed by atoms with E-state index in [9.17, 15) is 0 Å². The molecule has 1 aromatic rings. The van der Waals surface area contributed by atoms with E-state index in [0.29, 0.717) is 4.83 Å². The Kier molecular flexibility index (Phi) is 4.87. The molecular weight excluding hydrogens is 384 g/mol. The average Bonchev–Trinajstić information content (AvgIpc) is 2.20. The molecule has 1 rings (SSSR count). The molecule has 0 radical (unpaired) electrons. The zero-order chi connectivity index (χ0) is 11.6. The smallest absolute Gasteiger partial charge is 0.0457 e. The van der Waals surface area contributed by atoms with Gasteiger partial charge in [-0.3, -0.25) is 0 Å². The molecular formula is C12H15Br3. The lowest BCUT2D eigenvalue weighted by Crippen LogP contribution is -2.16. The molecule has 1 aromatic carbocycles. The lowest BCUT2D eigenvalue weighted by Gasteiger charge is -2.30. The van der Waals surface area contributed by atoms with Crippen LogP contribution in [0.25, 0.3) is 0 Å². The predicted molar refractivity (Wildman–Crippen MR) is 77.6 cm³/mol. The summed E-state index contributed by atoms with van der Waals surface area (Å²) in [5.74, 6) is 0. The largest absolute Gasteiger partial charge is 0.0832 e. The fraction of sp³-hybridized carbons (Fsp3) is 0.500. The molecule has 0 heterocycles. The maximum absolute atomic E-state index is 3.80. The third kappa shape index (κ3) is 3.31. The SMILES string of the molecule is CCC(C)(C)C(Br)c1cc(Br)ccc1Br. The molecule has 0 saturated heterocycles. The molecule has 0 aromatic heterocycles. The summed E-state index contributed by atoms with van der Waals surface area (Å²) < 4.78 is 2.28. The van der Waals surface area contributed by atoms with Gasteiger partial charge in [-0.25, -0.2) is 0 Å². The zero-order valence-electron chi connectivity index (χ0n) is 9.15. The Hall–Kier alpha value is 0.660. The van der Waals surface area contributed by atoms with Gasteiger partial charge < -0.3 is 0 Å². The van der Waals surface area contributed by atoms with Gasteiger partial charge >= 0.3 is 0 Å². The van der Waals surface area contributed by atoms with Gasteiger partial charge in [0, 0.05) is 13.8 Å². The minimum atomic E-state index is 0.253. The standard InChI is InChI=1S/C12H15Br3/c1-4-12(2,3)11(15)9-7-8(13)5-6-10(9)14/h5-7,11H,4H2,1-3H3. The van der Waals surface area contributed by atoms with Gasteiger partial charge in [-0.05, 0) is 35.6 Å². The highest BCUT2D eigenvalue weighted by atomic mass is 79.9. The van der Waals surface area contributed by atoms with Crippen LogP contribution in [0, 0.1) is 5.41 Å². The Morgan fingerprint density at radius 2 is 1.87 bits per heavy atom. The van der Waals surface area contributed by atoms with E-state index in [4.69, 9.17) is 0 Å². The molecule has 3 heteroatoms. The monoisotopic (exact) mass is 396 g/mol. The summed E-state index contributed by atoms with van der Waals surface area (Å²) >= 11 is 10.9. The van der Waals surface area contributed by atoms with Gasteiger partial charge in [-0.15, -0.1) is 0 Å². The van der Waals surface area contributed by atoms with E-state index in [1.54, 1.807) is 0 Å². The van der Waals surface area contributed by atoms with Crippen LogP contribution in [0.15, 0.2) is 27.1 Å². The molecule has 0 aliphatic rings. The van der Waals surface area contributed by atoms with Crippen LogP contribution in [0.4, 0.5) is 0 Å². The van der Waals surface area contributed by atoms with Gasteiger partial charge in [0.1, 0.15) is 0 Å². The molecule has 0 amide bonds. The fourth-order valence-corrected chi connectivity index (χ4v) is 3.17. The molecule has 0 aliphatic heterocycles. The van der Waals surface area contributed by atoms with E-state index in [1.165, 1.54) is 5.56 Å². The van der Waals surface area contributed by atoms with Crippen LogP contribution in [-0.2, 0) is 0 Å². The van der Waals surface area contributed by atoms with Crippen LogP contribution in [0.2, 0.25) is 0 Å². The average molecular weight is 399 g/mol. The Morgan fingerprint density at radius 1 is 1.27 bits per heavy atom. The van der Waals surface area contributed by atoms with Crippen LogP contribution in [-0.4, -0.2) is 0 Å². The van der Waals surface area contributed by atoms with Crippen molar-refractivity contribution in [3.05, 3.63) is 32.7 Å². The van der Waals surface area contributed by atoms with Crippen molar-refractivity contribution >= 4 is 47.8 Å². The van der Waals surface area contributed by atoms with Gasteiger partial charge in [0.05, 0.1) is 0 Å². The topological polar surface area (TPSA) is 0 Å². The summed E-state index contributed by atoms with van der Waals surface area (Å²) in [6.07, 6.45) is 1.14. The summed E-state index contributed by atoms with van der Waals surface area (Å²) in [6, 6.07) is 6.30. The van der Waals surface area contributed by atoms with Gasteiger partial charge in [0.2, 0.25) is 0 Å². The Bertz CT molecular complexity index is 345. The molecule has 0 aliphatic carbocycles. The molecule has 0 saturated carbocycles. The summed E-state index contributed by atoms with van der Waals surface area (Å²) in [4.78, 5) is 0.363. The highest BCUT2D eigenvalue weighted by Gasteiger charge is 2.28. The molecule has 0 fully saturated rings. The van der Waals surface area contributed by atoms with Gasteiger partial charge in [0.15, 0.2) is 0 Å². The number of halogens is 3. The van der Waals surface area contributed by atoms with Crippen LogP contribution >= 0.6 is 47.8 Å². The number of benzene rings is 1. The quantitative estimate of drug-likeness (QED) is 0.541. The fourth-order valence-electron chi connectivity index (χ4n) is 1.31. The second kappa shape index (κ2) is 5.33. The van der Waals surface area contributed by atoms with Gasteiger partial charge in [0.25, 0.3) is 0 Å². The van der Waals surface area contributed by atoms with Crippen molar-refractivity contribution in [1.82, 2.24) is 0 Å². The van der Waals surface area contributed by atoms with Crippen molar-refractivity contribution in [1.29, 1.82) is 0 Å². The van der Waals surface area contributed by atoms with E-state index in [0.717, 1.165) is 15.4 Å². The van der Waals surface area contributed by atoms with Gasteiger partial charge in [-0.2, -0.15) is 0 Å². The van der Waals surface area contributed by atoms with Crippen molar-refractivity contribution in [2.45, 2.75) is 32.0 Å². The zero-order valence-corrected chi connectivity index (χ0v) is 13.9. The lowest BCUT2D eigenvalue weighted by atomic mass is 9.83. The normalized spacial score (nSPS) is 14.0. The van der Waals surface area contributed by atoms with E-state index < -0.39 is 0 Å². The van der Waals surface area contributed by atoms with Crippen molar-refractivity contribution in [3.8, 4) is 0 Å². The highest BCUT2D eigenvalue weighted by Crippen LogP contribution is 2.45. The summed E-state index contributed by atoms with van der Waals surface area (Å²) in [5.41, 5.74) is 1.56. The summed E-state index contributed by atoms with van der Waals surface area (Å²) in [6.45, 7) is 6.78. The van der Waals surface area contributed by atoms with E-state index >= 15 is 0 Å². The van der Waals surface area contributed by atoms with Gasteiger partial charge in [-0.1, -0.05) is 68.6 Å². The third-order valence-electron chi connectivity index (χ3n) is 2.83. The first-order valence-electron chi connectivity index (χ1n) is 4.97. The van der Waals surface area contributed by atoms with E-state index in [-0.39, 0.29) is 5.41 Å². The Labute approximate surface area is 117 Å². The molecule has 0 bridgehead atoms. The molecule has 1 atom stereocenters. The maximum Gasteiger partial charge on any atom is 0.0457 e. The molecule has 0 N–H and O–H groups in total. The maximum atomic E-state index is 3.80. The predicted octanol–water partition coefficient (Wildman–Crippen LogP) is 6.08. The first kappa shape index (κ1) is 13.7. The first-order valence-corrected chi connectivity index (χ1v) is 7.47. The number of hydrogen-bond acceptors (Lipinski definition) is 0. The first-order chi connectivity index (χ1) is 6.88. The third-order valence-corrected chi connectivity index (χ3v) is 5.78. The van der Waals surface area contributed by atoms with Crippen LogP contribution < -0.4 is 0 Å². The van der Waals surface area contributed by atoms with Crippen LogP contribution in [0.3, 0.4) is 0 Å². The van der Waals surface area contributed by atoms with Crippen molar-refractivity contribution in [3.63, 3.8) is 0 Å². The molecule has 84 valence electrons. The Morgan fingerprint density at radius 3 is 2.40 bits per heavy atom. The van der Waals surface area contributed by atoms with E-state index in [2.05, 4.69) is 80.7 Å². The minimum Gasteiger partial charge on any atom is -0.0832 e. The van der Waals surface area contributed by atoms with Crippen LogP contribution in [0.5, 0.6) is 0 Å². The van der Waals surface area contributed by atoms with Crippen molar-refractivity contribution < 1.29 is 0 Å². The molecule has 1 unspecified atom stereocenters. The van der Waals surface area contributed by atoms with E-state index in [1.807, 2.05) is 6.07 Å². The number of rotatable bonds is 3. The van der Waals surface area contributed by atoms with Crippen molar-refractivity contribution in [2.24, 2.45) is 5.41 Å². The molecule has 0 spiro atoms. The lowest BCUT2D eigenvalue weighted by molar-refractivity contribution is 0.345. The number of hydrogen-bond donors (Lipinski definition) is 0. The van der Waals surface area contributed by atoms with Crippen LogP contribution in [0.1, 0.15) is 37.6 Å². The second-order valence-corrected chi connectivity index (χ2v) is 7.06. The minimum absolute atomic E-state index is 0.253. The molecule has 0 nitrogen and oxygen atoms in total. The summed E-state index contributed by atoms with van der Waals surface area (Å²) in [7, 11) is 0. The second-order valence-electron chi connectivity index (χ2n) is 4.37. The number of alkyl halides is 1. The molecule has 15 heavy (non-hydrogen) atoms.